The molecule has 134 valence electrons. The van der Waals surface area contributed by atoms with Crippen LogP contribution in [0, 0.1) is 0 Å². The minimum atomic E-state index is -0.464. The number of hydrogen-bond acceptors (Lipinski definition) is 4. The van der Waals surface area contributed by atoms with E-state index in [-0.39, 0.29) is 12.1 Å². The molecule has 1 amide bonds. The Morgan fingerprint density at radius 3 is 2.88 bits per heavy atom. The van der Waals surface area contributed by atoms with Crippen molar-refractivity contribution in [1.29, 1.82) is 0 Å². The summed E-state index contributed by atoms with van der Waals surface area (Å²) < 4.78 is 5.44. The van der Waals surface area contributed by atoms with Crippen LogP contribution in [0.3, 0.4) is 0 Å². The standard InChI is InChI=1S/C18H27ClN2O2S/c1-5-21(17(22)23-18(2,3)4)10-9-20-15-8-11-24-16-7-6-13(19)12-14(15)16/h6-7,12,15,20H,5,8-11H2,1-4H3. The van der Waals surface area contributed by atoms with Gasteiger partial charge in [0.2, 0.25) is 0 Å². The van der Waals surface area contributed by atoms with Crippen molar-refractivity contribution in [2.45, 2.75) is 50.7 Å². The van der Waals surface area contributed by atoms with Gasteiger partial charge in [-0.3, -0.25) is 0 Å². The summed E-state index contributed by atoms with van der Waals surface area (Å²) in [5, 5.41) is 4.34. The highest BCUT2D eigenvalue weighted by atomic mass is 35.5. The number of carbonyl (C=O) groups excluding carboxylic acids is 1. The van der Waals surface area contributed by atoms with Crippen LogP contribution in [0.1, 0.15) is 45.7 Å². The summed E-state index contributed by atoms with van der Waals surface area (Å²) in [6.45, 7) is 9.63. The lowest BCUT2D eigenvalue weighted by atomic mass is 10.0. The number of fused-ring (bicyclic) bond motifs is 1. The molecule has 0 aliphatic carbocycles. The molecule has 24 heavy (non-hydrogen) atoms. The normalized spacial score (nSPS) is 17.3. The summed E-state index contributed by atoms with van der Waals surface area (Å²) in [7, 11) is 0. The lowest BCUT2D eigenvalue weighted by molar-refractivity contribution is 0.0261. The average Bonchev–Trinajstić information content (AvgIpc) is 2.50. The van der Waals surface area contributed by atoms with Crippen LogP contribution >= 0.6 is 23.4 Å². The Kier molecular flexibility index (Phi) is 6.84. The molecule has 4 nitrogen and oxygen atoms in total. The van der Waals surface area contributed by atoms with E-state index in [0.717, 1.165) is 23.7 Å². The van der Waals surface area contributed by atoms with Crippen molar-refractivity contribution in [3.63, 3.8) is 0 Å². The number of halogens is 1. The van der Waals surface area contributed by atoms with Gasteiger partial charge in [0.25, 0.3) is 0 Å². The van der Waals surface area contributed by atoms with Gasteiger partial charge in [-0.1, -0.05) is 11.6 Å². The van der Waals surface area contributed by atoms with Gasteiger partial charge in [0.15, 0.2) is 0 Å². The first-order valence-electron chi connectivity index (χ1n) is 8.43. The van der Waals surface area contributed by atoms with Crippen molar-refractivity contribution in [2.24, 2.45) is 0 Å². The Morgan fingerprint density at radius 2 is 2.21 bits per heavy atom. The first kappa shape index (κ1) is 19.4. The number of hydrogen-bond donors (Lipinski definition) is 1. The van der Waals surface area contributed by atoms with Gasteiger partial charge in [-0.05, 0) is 63.6 Å². The van der Waals surface area contributed by atoms with E-state index in [9.17, 15) is 4.79 Å². The average molecular weight is 371 g/mol. The summed E-state index contributed by atoms with van der Waals surface area (Å²) in [6.07, 6.45) is 0.811. The number of ether oxygens (including phenoxy) is 1. The number of thioether (sulfide) groups is 1. The summed E-state index contributed by atoms with van der Waals surface area (Å²) >= 11 is 8.02. The van der Waals surface area contributed by atoms with E-state index in [1.165, 1.54) is 10.5 Å². The highest BCUT2D eigenvalue weighted by Crippen LogP contribution is 2.37. The van der Waals surface area contributed by atoms with Gasteiger partial charge >= 0.3 is 6.09 Å². The second-order valence-electron chi connectivity index (χ2n) is 6.89. The van der Waals surface area contributed by atoms with Crippen LogP contribution in [-0.4, -0.2) is 42.0 Å². The highest BCUT2D eigenvalue weighted by molar-refractivity contribution is 7.99. The van der Waals surface area contributed by atoms with Crippen molar-refractivity contribution in [2.75, 3.05) is 25.4 Å². The quantitative estimate of drug-likeness (QED) is 0.813. The number of benzene rings is 1. The second-order valence-corrected chi connectivity index (χ2v) is 8.46. The third-order valence-corrected chi connectivity index (χ3v) is 5.17. The van der Waals surface area contributed by atoms with Crippen LogP contribution in [0.4, 0.5) is 4.79 Å². The molecule has 0 spiro atoms. The van der Waals surface area contributed by atoms with E-state index in [2.05, 4.69) is 11.4 Å². The minimum Gasteiger partial charge on any atom is -0.444 e. The largest absolute Gasteiger partial charge is 0.444 e. The molecule has 1 unspecified atom stereocenters. The number of rotatable bonds is 5. The zero-order valence-corrected chi connectivity index (χ0v) is 16.5. The molecular weight excluding hydrogens is 344 g/mol. The Balaban J connectivity index is 1.90. The molecule has 1 aromatic rings. The lowest BCUT2D eigenvalue weighted by Crippen LogP contribution is -2.41. The molecule has 1 N–H and O–H groups in total. The third-order valence-electron chi connectivity index (χ3n) is 3.82. The van der Waals surface area contributed by atoms with E-state index in [1.54, 1.807) is 4.90 Å². The summed E-state index contributed by atoms with van der Waals surface area (Å²) in [6, 6.07) is 6.37. The number of nitrogens with zero attached hydrogens (tertiary/aromatic N) is 1. The van der Waals surface area contributed by atoms with Crippen LogP contribution in [0.25, 0.3) is 0 Å². The van der Waals surface area contributed by atoms with E-state index in [0.29, 0.717) is 13.1 Å². The van der Waals surface area contributed by atoms with Crippen molar-refractivity contribution in [3.8, 4) is 0 Å². The number of amides is 1. The second kappa shape index (κ2) is 8.45. The van der Waals surface area contributed by atoms with Crippen LogP contribution in [-0.2, 0) is 4.74 Å². The molecule has 0 radical (unpaired) electrons. The SMILES string of the molecule is CCN(CCNC1CCSc2ccc(Cl)cc21)C(=O)OC(C)(C)C. The molecular formula is C18H27ClN2O2S. The highest BCUT2D eigenvalue weighted by Gasteiger charge is 2.23. The van der Waals surface area contributed by atoms with Gasteiger partial charge in [-0.25, -0.2) is 4.79 Å². The van der Waals surface area contributed by atoms with E-state index in [1.807, 2.05) is 51.6 Å². The molecule has 0 bridgehead atoms. The monoisotopic (exact) mass is 370 g/mol. The Hall–Kier alpha value is -0.910. The first-order valence-corrected chi connectivity index (χ1v) is 9.80. The fraction of sp³-hybridized carbons (Fsp3) is 0.611. The van der Waals surface area contributed by atoms with Crippen LogP contribution in [0.5, 0.6) is 0 Å². The minimum absolute atomic E-state index is 0.255. The van der Waals surface area contributed by atoms with Crippen LogP contribution in [0.2, 0.25) is 5.02 Å². The first-order chi connectivity index (χ1) is 11.3. The van der Waals surface area contributed by atoms with E-state index < -0.39 is 5.60 Å². The predicted molar refractivity (Wildman–Crippen MR) is 101 cm³/mol. The Morgan fingerprint density at radius 1 is 1.46 bits per heavy atom. The van der Waals surface area contributed by atoms with Gasteiger partial charge in [0, 0.05) is 35.6 Å². The maximum atomic E-state index is 12.2. The van der Waals surface area contributed by atoms with Gasteiger partial charge in [-0.15, -0.1) is 11.8 Å². The lowest BCUT2D eigenvalue weighted by Gasteiger charge is -2.29. The summed E-state index contributed by atoms with van der Waals surface area (Å²) in [5.74, 6) is 1.09. The molecule has 1 atom stereocenters. The molecule has 1 heterocycles. The summed E-state index contributed by atoms with van der Waals surface area (Å²) in [5.41, 5.74) is 0.799. The van der Waals surface area contributed by atoms with Gasteiger partial charge < -0.3 is 15.0 Å². The molecule has 2 rings (SSSR count). The van der Waals surface area contributed by atoms with Crippen LogP contribution < -0.4 is 5.32 Å². The molecule has 0 saturated heterocycles. The van der Waals surface area contributed by atoms with E-state index >= 15 is 0 Å². The maximum Gasteiger partial charge on any atom is 0.410 e. The fourth-order valence-electron chi connectivity index (χ4n) is 2.66. The molecule has 1 aliphatic heterocycles. The molecule has 0 saturated carbocycles. The zero-order chi connectivity index (χ0) is 17.7. The molecule has 0 aromatic heterocycles. The van der Waals surface area contributed by atoms with E-state index in [4.69, 9.17) is 16.3 Å². The molecule has 0 fully saturated rings. The Bertz CT molecular complexity index is 575. The molecule has 6 heteroatoms. The summed E-state index contributed by atoms with van der Waals surface area (Å²) in [4.78, 5) is 15.2. The van der Waals surface area contributed by atoms with Crippen molar-refractivity contribution in [1.82, 2.24) is 10.2 Å². The zero-order valence-electron chi connectivity index (χ0n) is 14.9. The topological polar surface area (TPSA) is 41.6 Å². The van der Waals surface area contributed by atoms with Crippen molar-refractivity contribution >= 4 is 29.5 Å². The van der Waals surface area contributed by atoms with Gasteiger partial charge in [-0.2, -0.15) is 0 Å². The van der Waals surface area contributed by atoms with Gasteiger partial charge in [0.05, 0.1) is 0 Å². The Labute approximate surface area is 154 Å². The molecule has 1 aliphatic rings. The molecule has 1 aromatic carbocycles. The van der Waals surface area contributed by atoms with Crippen molar-refractivity contribution in [3.05, 3.63) is 28.8 Å². The smallest absolute Gasteiger partial charge is 0.410 e. The number of likely N-dealkylation sites (N-methyl/N-ethyl adjacent to an activating group) is 1. The van der Waals surface area contributed by atoms with Crippen LogP contribution in [0.15, 0.2) is 23.1 Å². The number of nitrogens with one attached hydrogen (secondary N) is 1. The van der Waals surface area contributed by atoms with Crippen molar-refractivity contribution < 1.29 is 9.53 Å². The predicted octanol–water partition coefficient (Wildman–Crippen LogP) is 4.72. The van der Waals surface area contributed by atoms with Gasteiger partial charge in [0.1, 0.15) is 5.60 Å². The number of carbonyl (C=O) groups is 1. The fourth-order valence-corrected chi connectivity index (χ4v) is 3.94. The maximum absolute atomic E-state index is 12.2. The third kappa shape index (κ3) is 5.57.